The van der Waals surface area contributed by atoms with Crippen LogP contribution in [0.2, 0.25) is 0 Å². The van der Waals surface area contributed by atoms with Crippen molar-refractivity contribution < 1.29 is 19.1 Å². The highest BCUT2D eigenvalue weighted by atomic mass is 16.6. The van der Waals surface area contributed by atoms with Gasteiger partial charge in [0.2, 0.25) is 0 Å². The second-order valence-electron chi connectivity index (χ2n) is 4.06. The summed E-state index contributed by atoms with van der Waals surface area (Å²) in [7, 11) is 1.42. The Bertz CT molecular complexity index is 717. The highest BCUT2D eigenvalue weighted by Gasteiger charge is 2.15. The van der Waals surface area contributed by atoms with Crippen LogP contribution in [0.3, 0.4) is 0 Å². The molecule has 2 aromatic rings. The van der Waals surface area contributed by atoms with Gasteiger partial charge in [0.1, 0.15) is 6.07 Å². The predicted molar refractivity (Wildman–Crippen MR) is 74.3 cm³/mol. The molecule has 0 N–H and O–H groups in total. The lowest BCUT2D eigenvalue weighted by atomic mass is 10.1. The van der Waals surface area contributed by atoms with Crippen LogP contribution in [0, 0.1) is 11.3 Å². The third-order valence-electron chi connectivity index (χ3n) is 2.74. The van der Waals surface area contributed by atoms with E-state index in [0.29, 0.717) is 11.3 Å². The maximum atomic E-state index is 12.0. The zero-order valence-corrected chi connectivity index (χ0v) is 11.2. The Morgan fingerprint density at radius 1 is 1.00 bits per heavy atom. The molecular weight excluding hydrogens is 270 g/mol. The minimum absolute atomic E-state index is 0.0902. The smallest absolute Gasteiger partial charge is 0.343 e. The molecule has 0 aliphatic rings. The Labute approximate surface area is 121 Å². The van der Waals surface area contributed by atoms with E-state index in [1.165, 1.54) is 31.4 Å². The van der Waals surface area contributed by atoms with E-state index >= 15 is 0 Å². The molecule has 0 heterocycles. The Morgan fingerprint density at radius 3 is 2.33 bits per heavy atom. The Balaban J connectivity index is 2.32. The molecule has 0 amide bonds. The standard InChI is InChI=1S/C16H11NO4/c1-20-14-8-7-12(13(18)10-17)9-15(14)21-16(19)11-5-3-2-4-6-11/h2-9H,1H3. The molecule has 0 aliphatic heterocycles. The summed E-state index contributed by atoms with van der Waals surface area (Å²) in [5.74, 6) is -0.897. The largest absolute Gasteiger partial charge is 0.493 e. The molecule has 104 valence electrons. The van der Waals surface area contributed by atoms with Crippen LogP contribution in [0.15, 0.2) is 48.5 Å². The summed E-state index contributed by atoms with van der Waals surface area (Å²) in [6, 6.07) is 14.2. The predicted octanol–water partition coefficient (Wildman–Crippen LogP) is 2.62. The van der Waals surface area contributed by atoms with Gasteiger partial charge in [-0.1, -0.05) is 18.2 Å². The van der Waals surface area contributed by atoms with Crippen molar-refractivity contribution in [3.63, 3.8) is 0 Å². The number of nitrogens with zero attached hydrogens (tertiary/aromatic N) is 1. The maximum absolute atomic E-state index is 12.0. The molecule has 0 aromatic heterocycles. The van der Waals surface area contributed by atoms with Crippen LogP contribution in [0.4, 0.5) is 0 Å². The summed E-state index contributed by atoms with van der Waals surface area (Å²) >= 11 is 0. The van der Waals surface area contributed by atoms with Gasteiger partial charge in [-0.2, -0.15) is 5.26 Å². The van der Waals surface area contributed by atoms with Crippen LogP contribution >= 0.6 is 0 Å². The number of esters is 1. The van der Waals surface area contributed by atoms with Gasteiger partial charge in [0.05, 0.1) is 12.7 Å². The lowest BCUT2D eigenvalue weighted by Gasteiger charge is -2.10. The lowest BCUT2D eigenvalue weighted by molar-refractivity contribution is 0.0729. The second kappa shape index (κ2) is 6.35. The third kappa shape index (κ3) is 3.25. The van der Waals surface area contributed by atoms with Crippen LogP contribution in [-0.2, 0) is 0 Å². The average molecular weight is 281 g/mol. The fraction of sp³-hybridized carbons (Fsp3) is 0.0625. The molecule has 5 heteroatoms. The Morgan fingerprint density at radius 2 is 1.71 bits per heavy atom. The average Bonchev–Trinajstić information content (AvgIpc) is 2.54. The van der Waals surface area contributed by atoms with Gasteiger partial charge in [-0.15, -0.1) is 0 Å². The number of methoxy groups -OCH3 is 1. The monoisotopic (exact) mass is 281 g/mol. The minimum atomic E-state index is -0.713. The zero-order valence-electron chi connectivity index (χ0n) is 11.2. The van der Waals surface area contributed by atoms with Crippen molar-refractivity contribution in [3.05, 3.63) is 59.7 Å². The number of benzene rings is 2. The molecule has 0 saturated carbocycles. The summed E-state index contributed by atoms with van der Waals surface area (Å²) in [6.45, 7) is 0. The van der Waals surface area contributed by atoms with Crippen LogP contribution in [0.5, 0.6) is 11.5 Å². The van der Waals surface area contributed by atoms with Crippen LogP contribution < -0.4 is 9.47 Å². The van der Waals surface area contributed by atoms with Gasteiger partial charge in [-0.05, 0) is 30.3 Å². The molecular formula is C16H11NO4. The quantitative estimate of drug-likeness (QED) is 0.372. The van der Waals surface area contributed by atoms with Gasteiger partial charge in [0.25, 0.3) is 5.78 Å². The number of carbonyl (C=O) groups is 2. The van der Waals surface area contributed by atoms with Crippen molar-refractivity contribution in [1.29, 1.82) is 5.26 Å². The molecule has 0 saturated heterocycles. The Hall–Kier alpha value is -3.13. The molecule has 0 spiro atoms. The topological polar surface area (TPSA) is 76.4 Å². The van der Waals surface area contributed by atoms with Gasteiger partial charge < -0.3 is 9.47 Å². The van der Waals surface area contributed by atoms with E-state index in [1.807, 2.05) is 0 Å². The summed E-state index contributed by atoms with van der Waals surface area (Å²) in [4.78, 5) is 23.4. The van der Waals surface area contributed by atoms with Gasteiger partial charge >= 0.3 is 5.97 Å². The molecule has 0 radical (unpaired) electrons. The fourth-order valence-electron chi connectivity index (χ4n) is 1.70. The number of ketones is 1. The molecule has 0 fully saturated rings. The number of ether oxygens (including phenoxy) is 2. The van der Waals surface area contributed by atoms with Crippen molar-refractivity contribution in [2.45, 2.75) is 0 Å². The summed E-state index contributed by atoms with van der Waals surface area (Å²) in [5, 5.41) is 8.63. The van der Waals surface area contributed by atoms with E-state index in [-0.39, 0.29) is 11.3 Å². The molecule has 2 rings (SSSR count). The van der Waals surface area contributed by atoms with E-state index in [1.54, 1.807) is 30.3 Å². The first-order chi connectivity index (χ1) is 10.2. The van der Waals surface area contributed by atoms with E-state index in [4.69, 9.17) is 14.7 Å². The first-order valence-electron chi connectivity index (χ1n) is 6.05. The molecule has 5 nitrogen and oxygen atoms in total. The van der Waals surface area contributed by atoms with E-state index in [2.05, 4.69) is 0 Å². The van der Waals surface area contributed by atoms with Crippen LogP contribution in [0.25, 0.3) is 0 Å². The van der Waals surface area contributed by atoms with Gasteiger partial charge in [-0.25, -0.2) is 4.79 Å². The SMILES string of the molecule is COc1ccc(C(=O)C#N)cc1OC(=O)c1ccccc1. The maximum Gasteiger partial charge on any atom is 0.343 e. The summed E-state index contributed by atoms with van der Waals surface area (Å²) < 4.78 is 10.3. The van der Waals surface area contributed by atoms with Crippen molar-refractivity contribution in [2.24, 2.45) is 0 Å². The third-order valence-corrected chi connectivity index (χ3v) is 2.74. The highest BCUT2D eigenvalue weighted by molar-refractivity contribution is 6.08. The number of hydrogen-bond acceptors (Lipinski definition) is 5. The van der Waals surface area contributed by atoms with E-state index in [0.717, 1.165) is 0 Å². The molecule has 2 aromatic carbocycles. The molecule has 0 bridgehead atoms. The molecule has 0 atom stereocenters. The van der Waals surface area contributed by atoms with Crippen molar-refractivity contribution in [3.8, 4) is 17.6 Å². The van der Waals surface area contributed by atoms with Crippen molar-refractivity contribution in [2.75, 3.05) is 7.11 Å². The van der Waals surface area contributed by atoms with Gasteiger partial charge in [0.15, 0.2) is 11.5 Å². The van der Waals surface area contributed by atoms with Gasteiger partial charge in [0, 0.05) is 5.56 Å². The molecule has 0 aliphatic carbocycles. The summed E-state index contributed by atoms with van der Waals surface area (Å²) in [6.07, 6.45) is 0. The number of rotatable bonds is 4. The van der Waals surface area contributed by atoms with Gasteiger partial charge in [-0.3, -0.25) is 4.79 Å². The Kier molecular flexibility index (Phi) is 4.32. The normalized spacial score (nSPS) is 9.52. The first-order valence-corrected chi connectivity index (χ1v) is 6.05. The van der Waals surface area contributed by atoms with E-state index in [9.17, 15) is 9.59 Å². The number of nitriles is 1. The van der Waals surface area contributed by atoms with Crippen LogP contribution in [0.1, 0.15) is 20.7 Å². The van der Waals surface area contributed by atoms with Crippen molar-refractivity contribution in [1.82, 2.24) is 0 Å². The first kappa shape index (κ1) is 14.3. The highest BCUT2D eigenvalue weighted by Crippen LogP contribution is 2.29. The van der Waals surface area contributed by atoms with Crippen LogP contribution in [-0.4, -0.2) is 18.9 Å². The lowest BCUT2D eigenvalue weighted by Crippen LogP contribution is -2.09. The number of Topliss-reactive ketones (excluding diaryl/α,β-unsaturated/α-hetero) is 1. The molecule has 0 unspecified atom stereocenters. The number of carbonyl (C=O) groups excluding carboxylic acids is 2. The zero-order chi connectivity index (χ0) is 15.2. The summed E-state index contributed by atoms with van der Waals surface area (Å²) in [5.41, 5.74) is 0.505. The van der Waals surface area contributed by atoms with E-state index < -0.39 is 11.8 Å². The number of hydrogen-bond donors (Lipinski definition) is 0. The molecule has 21 heavy (non-hydrogen) atoms. The fourth-order valence-corrected chi connectivity index (χ4v) is 1.70. The minimum Gasteiger partial charge on any atom is -0.493 e. The second-order valence-corrected chi connectivity index (χ2v) is 4.06. The van der Waals surface area contributed by atoms with Crippen molar-refractivity contribution >= 4 is 11.8 Å².